The number of aromatic nitrogens is 2. The molecule has 1 amide bonds. The molecule has 0 spiro atoms. The van der Waals surface area contributed by atoms with Crippen molar-refractivity contribution in [3.63, 3.8) is 0 Å². The Morgan fingerprint density at radius 2 is 2.14 bits per heavy atom. The van der Waals surface area contributed by atoms with Gasteiger partial charge in [0, 0.05) is 22.2 Å². The molecule has 0 bridgehead atoms. The maximum Gasteiger partial charge on any atom is 0.248 e. The maximum absolute atomic E-state index is 12.0. The van der Waals surface area contributed by atoms with E-state index in [-0.39, 0.29) is 5.91 Å². The Labute approximate surface area is 132 Å². The molecule has 0 aliphatic rings. The first-order chi connectivity index (χ1) is 10.6. The van der Waals surface area contributed by atoms with Gasteiger partial charge in [0.2, 0.25) is 5.91 Å². The van der Waals surface area contributed by atoms with Crippen LogP contribution in [0.4, 0.5) is 5.69 Å². The van der Waals surface area contributed by atoms with Gasteiger partial charge in [0.25, 0.3) is 0 Å². The fourth-order valence-corrected chi connectivity index (χ4v) is 2.27. The number of hydrogen-bond donors (Lipinski definition) is 2. The number of rotatable bonds is 3. The van der Waals surface area contributed by atoms with Crippen LogP contribution in [-0.2, 0) is 4.79 Å². The van der Waals surface area contributed by atoms with E-state index in [1.54, 1.807) is 12.3 Å². The van der Waals surface area contributed by atoms with Crippen LogP contribution in [0.3, 0.4) is 0 Å². The van der Waals surface area contributed by atoms with E-state index in [0.717, 1.165) is 22.0 Å². The molecule has 0 unspecified atom stereocenters. The van der Waals surface area contributed by atoms with Crippen LogP contribution in [0.25, 0.3) is 17.0 Å². The Kier molecular flexibility index (Phi) is 3.94. The van der Waals surface area contributed by atoms with Crippen LogP contribution in [-0.4, -0.2) is 16.1 Å². The number of amides is 1. The molecule has 22 heavy (non-hydrogen) atoms. The summed E-state index contributed by atoms with van der Waals surface area (Å²) in [5, 5.41) is 11.3. The van der Waals surface area contributed by atoms with E-state index in [0.29, 0.717) is 10.7 Å². The maximum atomic E-state index is 12.0. The van der Waals surface area contributed by atoms with E-state index >= 15 is 0 Å². The molecule has 0 radical (unpaired) electrons. The van der Waals surface area contributed by atoms with Gasteiger partial charge in [-0.1, -0.05) is 23.7 Å². The number of aryl methyl sites for hydroxylation is 1. The van der Waals surface area contributed by atoms with Crippen LogP contribution >= 0.6 is 11.6 Å². The summed E-state index contributed by atoms with van der Waals surface area (Å²) in [6.07, 6.45) is 4.95. The zero-order valence-corrected chi connectivity index (χ0v) is 12.7. The molecule has 2 aromatic carbocycles. The van der Waals surface area contributed by atoms with Crippen LogP contribution in [0.1, 0.15) is 11.1 Å². The molecule has 1 aromatic heterocycles. The molecule has 3 rings (SSSR count). The van der Waals surface area contributed by atoms with Crippen molar-refractivity contribution in [2.24, 2.45) is 0 Å². The lowest BCUT2D eigenvalue weighted by atomic mass is 10.1. The summed E-state index contributed by atoms with van der Waals surface area (Å²) in [5.41, 5.74) is 3.49. The zero-order valence-electron chi connectivity index (χ0n) is 11.9. The minimum Gasteiger partial charge on any atom is -0.322 e. The largest absolute Gasteiger partial charge is 0.322 e. The van der Waals surface area contributed by atoms with Crippen LogP contribution in [0.5, 0.6) is 0 Å². The molecule has 2 N–H and O–H groups in total. The normalized spacial score (nSPS) is 11.2. The Balaban J connectivity index is 1.71. The first-order valence-corrected chi connectivity index (χ1v) is 7.18. The molecule has 5 heteroatoms. The van der Waals surface area contributed by atoms with Crippen molar-refractivity contribution >= 4 is 40.2 Å². The topological polar surface area (TPSA) is 57.8 Å². The van der Waals surface area contributed by atoms with Gasteiger partial charge >= 0.3 is 0 Å². The van der Waals surface area contributed by atoms with E-state index < -0.39 is 0 Å². The minimum absolute atomic E-state index is 0.199. The molecule has 0 saturated carbocycles. The van der Waals surface area contributed by atoms with Crippen molar-refractivity contribution in [1.29, 1.82) is 0 Å². The number of carbonyl (C=O) groups is 1. The van der Waals surface area contributed by atoms with E-state index in [1.807, 2.05) is 43.3 Å². The Hall–Kier alpha value is -2.59. The molecule has 0 fully saturated rings. The molecule has 0 aliphatic carbocycles. The van der Waals surface area contributed by atoms with Crippen molar-refractivity contribution in [3.05, 3.63) is 64.8 Å². The van der Waals surface area contributed by atoms with Gasteiger partial charge in [0.05, 0.1) is 11.7 Å². The third-order valence-corrected chi connectivity index (χ3v) is 3.74. The highest BCUT2D eigenvalue weighted by Gasteiger charge is 2.01. The summed E-state index contributed by atoms with van der Waals surface area (Å²) >= 11 is 6.06. The molecule has 110 valence electrons. The summed E-state index contributed by atoms with van der Waals surface area (Å²) in [5.74, 6) is -0.199. The lowest BCUT2D eigenvalue weighted by Gasteiger charge is -2.02. The number of carbonyl (C=O) groups excluding carboxylic acids is 1. The van der Waals surface area contributed by atoms with Crippen molar-refractivity contribution < 1.29 is 4.79 Å². The summed E-state index contributed by atoms with van der Waals surface area (Å²) < 4.78 is 0. The van der Waals surface area contributed by atoms with E-state index in [1.165, 1.54) is 6.08 Å². The molecular formula is C17H14ClN3O. The highest BCUT2D eigenvalue weighted by atomic mass is 35.5. The molecule has 1 heterocycles. The second-order valence-corrected chi connectivity index (χ2v) is 5.41. The quantitative estimate of drug-likeness (QED) is 0.713. The van der Waals surface area contributed by atoms with Gasteiger partial charge in [-0.2, -0.15) is 5.10 Å². The second-order valence-electron chi connectivity index (χ2n) is 5.00. The number of nitrogens with one attached hydrogen (secondary N) is 2. The SMILES string of the molecule is Cc1ccc(C=CC(=O)Nc2ccc3cn[nH]c3c2)cc1Cl. The summed E-state index contributed by atoms with van der Waals surface area (Å²) in [6.45, 7) is 1.94. The number of fused-ring (bicyclic) bond motifs is 1. The molecule has 4 nitrogen and oxygen atoms in total. The van der Waals surface area contributed by atoms with E-state index in [4.69, 9.17) is 11.6 Å². The summed E-state index contributed by atoms with van der Waals surface area (Å²) in [7, 11) is 0. The van der Waals surface area contributed by atoms with Crippen LogP contribution in [0.15, 0.2) is 48.7 Å². The third kappa shape index (κ3) is 3.18. The van der Waals surface area contributed by atoms with Gasteiger partial charge in [-0.05, 0) is 48.4 Å². The Morgan fingerprint density at radius 3 is 2.95 bits per heavy atom. The predicted molar refractivity (Wildman–Crippen MR) is 89.9 cm³/mol. The van der Waals surface area contributed by atoms with Crippen molar-refractivity contribution in [2.75, 3.05) is 5.32 Å². The second kappa shape index (κ2) is 6.03. The fraction of sp³-hybridized carbons (Fsp3) is 0.0588. The smallest absolute Gasteiger partial charge is 0.248 e. The fourth-order valence-electron chi connectivity index (χ4n) is 2.08. The van der Waals surface area contributed by atoms with Crippen LogP contribution in [0.2, 0.25) is 5.02 Å². The molecule has 0 saturated heterocycles. The molecule has 3 aromatic rings. The van der Waals surface area contributed by atoms with Gasteiger partial charge < -0.3 is 5.32 Å². The number of halogens is 1. The van der Waals surface area contributed by atoms with Gasteiger partial charge in [0.1, 0.15) is 0 Å². The first-order valence-electron chi connectivity index (χ1n) is 6.80. The highest BCUT2D eigenvalue weighted by molar-refractivity contribution is 6.31. The monoisotopic (exact) mass is 311 g/mol. The van der Waals surface area contributed by atoms with Crippen LogP contribution < -0.4 is 5.32 Å². The summed E-state index contributed by atoms with van der Waals surface area (Å²) in [6, 6.07) is 11.3. The average molecular weight is 312 g/mol. The van der Waals surface area contributed by atoms with Crippen molar-refractivity contribution in [3.8, 4) is 0 Å². The highest BCUT2D eigenvalue weighted by Crippen LogP contribution is 2.18. The molecule has 0 atom stereocenters. The standard InChI is InChI=1S/C17H14ClN3O/c1-11-2-3-12(8-15(11)18)4-7-17(22)20-14-6-5-13-10-19-21-16(13)9-14/h2-10H,1H3,(H,19,21)(H,20,22). The van der Waals surface area contributed by atoms with Gasteiger partial charge in [-0.3, -0.25) is 9.89 Å². The number of nitrogens with zero attached hydrogens (tertiary/aromatic N) is 1. The number of hydrogen-bond acceptors (Lipinski definition) is 2. The number of aromatic amines is 1. The van der Waals surface area contributed by atoms with Gasteiger partial charge in [-0.15, -0.1) is 0 Å². The third-order valence-electron chi connectivity index (χ3n) is 3.33. The van der Waals surface area contributed by atoms with Gasteiger partial charge in [0.15, 0.2) is 0 Å². The van der Waals surface area contributed by atoms with E-state index in [2.05, 4.69) is 15.5 Å². The number of benzene rings is 2. The predicted octanol–water partition coefficient (Wildman–Crippen LogP) is 4.18. The van der Waals surface area contributed by atoms with Crippen molar-refractivity contribution in [1.82, 2.24) is 10.2 Å². The lowest BCUT2D eigenvalue weighted by Crippen LogP contribution is -2.07. The summed E-state index contributed by atoms with van der Waals surface area (Å²) in [4.78, 5) is 12.0. The number of anilines is 1. The molecule has 0 aliphatic heterocycles. The average Bonchev–Trinajstić information content (AvgIpc) is 2.96. The lowest BCUT2D eigenvalue weighted by molar-refractivity contribution is -0.111. The van der Waals surface area contributed by atoms with E-state index in [9.17, 15) is 4.79 Å². The van der Waals surface area contributed by atoms with Crippen molar-refractivity contribution in [2.45, 2.75) is 6.92 Å². The van der Waals surface area contributed by atoms with Gasteiger partial charge in [-0.25, -0.2) is 0 Å². The molecular weight excluding hydrogens is 298 g/mol. The Bertz CT molecular complexity index is 867. The number of H-pyrrole nitrogens is 1. The minimum atomic E-state index is -0.199. The Morgan fingerprint density at radius 1 is 1.27 bits per heavy atom. The zero-order chi connectivity index (χ0) is 15.5. The first kappa shape index (κ1) is 14.4. The van der Waals surface area contributed by atoms with Crippen LogP contribution in [0, 0.1) is 6.92 Å².